The first-order valence-corrected chi connectivity index (χ1v) is 8.31. The average molecular weight is 281 g/mol. The quantitative estimate of drug-likeness (QED) is 0.808. The van der Waals surface area contributed by atoms with Gasteiger partial charge in [-0.1, -0.05) is 27.7 Å². The van der Waals surface area contributed by atoms with Crippen LogP contribution in [0.15, 0.2) is 0 Å². The van der Waals surface area contributed by atoms with Crippen LogP contribution in [0.4, 0.5) is 0 Å². The number of rotatable bonds is 6. The molecule has 0 aromatic rings. The standard InChI is InChI=1S/C16H31N3O/c1-5-14-16(20)19(15(17-14)12(2)3)11-13(4)10-18-8-6-7-9-18/h12-15,17H,5-11H2,1-4H3. The first kappa shape index (κ1) is 15.8. The van der Waals surface area contributed by atoms with Gasteiger partial charge in [0, 0.05) is 13.1 Å². The van der Waals surface area contributed by atoms with E-state index in [-0.39, 0.29) is 12.2 Å². The lowest BCUT2D eigenvalue weighted by Crippen LogP contribution is -2.44. The lowest BCUT2D eigenvalue weighted by molar-refractivity contribution is -0.131. The van der Waals surface area contributed by atoms with Gasteiger partial charge in [0.15, 0.2) is 0 Å². The van der Waals surface area contributed by atoms with Gasteiger partial charge < -0.3 is 9.80 Å². The molecule has 2 aliphatic rings. The summed E-state index contributed by atoms with van der Waals surface area (Å²) < 4.78 is 0. The van der Waals surface area contributed by atoms with Gasteiger partial charge in [0.2, 0.25) is 5.91 Å². The SMILES string of the molecule is CCC1NC(C(C)C)N(CC(C)CN2CCCC2)C1=O. The fraction of sp³-hybridized carbons (Fsp3) is 0.938. The number of likely N-dealkylation sites (tertiary alicyclic amines) is 1. The van der Waals surface area contributed by atoms with Crippen LogP contribution < -0.4 is 5.32 Å². The van der Waals surface area contributed by atoms with Crippen LogP contribution in [-0.2, 0) is 4.79 Å². The van der Waals surface area contributed by atoms with Crippen LogP contribution in [0.1, 0.15) is 47.0 Å². The number of hydrogen-bond acceptors (Lipinski definition) is 3. The topological polar surface area (TPSA) is 35.6 Å². The summed E-state index contributed by atoms with van der Waals surface area (Å²) in [6.07, 6.45) is 3.78. The van der Waals surface area contributed by atoms with E-state index in [0.717, 1.165) is 19.5 Å². The molecule has 0 radical (unpaired) electrons. The minimum Gasteiger partial charge on any atom is -0.325 e. The number of amides is 1. The van der Waals surface area contributed by atoms with Gasteiger partial charge in [0.1, 0.15) is 0 Å². The van der Waals surface area contributed by atoms with Crippen molar-refractivity contribution in [3.05, 3.63) is 0 Å². The smallest absolute Gasteiger partial charge is 0.241 e. The Morgan fingerprint density at radius 2 is 1.85 bits per heavy atom. The molecule has 116 valence electrons. The molecule has 2 saturated heterocycles. The molecular formula is C16H31N3O. The van der Waals surface area contributed by atoms with Gasteiger partial charge in [-0.05, 0) is 44.2 Å². The van der Waals surface area contributed by atoms with Crippen molar-refractivity contribution in [1.82, 2.24) is 15.1 Å². The zero-order valence-corrected chi connectivity index (χ0v) is 13.6. The molecule has 3 unspecified atom stereocenters. The summed E-state index contributed by atoms with van der Waals surface area (Å²) in [5, 5.41) is 3.50. The molecule has 4 nitrogen and oxygen atoms in total. The summed E-state index contributed by atoms with van der Waals surface area (Å²) >= 11 is 0. The second-order valence-electron chi connectivity index (χ2n) is 6.92. The minimum absolute atomic E-state index is 0.0291. The van der Waals surface area contributed by atoms with Crippen LogP contribution in [0.3, 0.4) is 0 Å². The summed E-state index contributed by atoms with van der Waals surface area (Å²) in [5.41, 5.74) is 0. The summed E-state index contributed by atoms with van der Waals surface area (Å²) in [5.74, 6) is 1.32. The predicted molar refractivity (Wildman–Crippen MR) is 82.4 cm³/mol. The van der Waals surface area contributed by atoms with E-state index < -0.39 is 0 Å². The first-order chi connectivity index (χ1) is 9.52. The van der Waals surface area contributed by atoms with E-state index in [9.17, 15) is 4.79 Å². The molecule has 20 heavy (non-hydrogen) atoms. The van der Waals surface area contributed by atoms with Crippen LogP contribution >= 0.6 is 0 Å². The highest BCUT2D eigenvalue weighted by atomic mass is 16.2. The van der Waals surface area contributed by atoms with Crippen LogP contribution in [0, 0.1) is 11.8 Å². The lowest BCUT2D eigenvalue weighted by atomic mass is 10.1. The third-order valence-electron chi connectivity index (χ3n) is 4.61. The van der Waals surface area contributed by atoms with Gasteiger partial charge in [0.25, 0.3) is 0 Å². The second kappa shape index (κ2) is 6.90. The van der Waals surface area contributed by atoms with Crippen LogP contribution in [0.25, 0.3) is 0 Å². The van der Waals surface area contributed by atoms with Gasteiger partial charge in [0.05, 0.1) is 12.2 Å². The third-order valence-corrected chi connectivity index (χ3v) is 4.61. The predicted octanol–water partition coefficient (Wildman–Crippen LogP) is 1.91. The van der Waals surface area contributed by atoms with Crippen LogP contribution in [0.5, 0.6) is 0 Å². The Labute approximate surface area is 123 Å². The zero-order valence-electron chi connectivity index (χ0n) is 13.6. The van der Waals surface area contributed by atoms with Crippen molar-refractivity contribution in [2.45, 2.75) is 59.2 Å². The Balaban J connectivity index is 1.92. The number of carbonyl (C=O) groups is 1. The van der Waals surface area contributed by atoms with Crippen molar-refractivity contribution in [1.29, 1.82) is 0 Å². The van der Waals surface area contributed by atoms with E-state index >= 15 is 0 Å². The molecule has 0 aromatic carbocycles. The van der Waals surface area contributed by atoms with Crippen molar-refractivity contribution in [2.24, 2.45) is 11.8 Å². The highest BCUT2D eigenvalue weighted by Crippen LogP contribution is 2.21. The number of hydrogen-bond donors (Lipinski definition) is 1. The molecule has 0 saturated carbocycles. The fourth-order valence-electron chi connectivity index (χ4n) is 3.55. The lowest BCUT2D eigenvalue weighted by Gasteiger charge is -2.31. The second-order valence-corrected chi connectivity index (χ2v) is 6.92. The molecule has 2 rings (SSSR count). The normalized spacial score (nSPS) is 29.6. The Kier molecular flexibility index (Phi) is 5.44. The van der Waals surface area contributed by atoms with Crippen molar-refractivity contribution in [3.8, 4) is 0 Å². The molecule has 0 aliphatic carbocycles. The largest absolute Gasteiger partial charge is 0.325 e. The Bertz CT molecular complexity index is 326. The molecule has 2 aliphatic heterocycles. The summed E-state index contributed by atoms with van der Waals surface area (Å²) in [6, 6.07) is 0.0291. The van der Waals surface area contributed by atoms with Gasteiger partial charge >= 0.3 is 0 Å². The Morgan fingerprint density at radius 3 is 2.40 bits per heavy atom. The Hall–Kier alpha value is -0.610. The van der Waals surface area contributed by atoms with E-state index in [2.05, 4.69) is 42.8 Å². The maximum absolute atomic E-state index is 12.5. The van der Waals surface area contributed by atoms with Gasteiger partial charge in [-0.15, -0.1) is 0 Å². The summed E-state index contributed by atoms with van der Waals surface area (Å²) in [6.45, 7) is 13.3. The van der Waals surface area contributed by atoms with E-state index in [4.69, 9.17) is 0 Å². The summed E-state index contributed by atoms with van der Waals surface area (Å²) in [7, 11) is 0. The highest BCUT2D eigenvalue weighted by Gasteiger charge is 2.39. The zero-order chi connectivity index (χ0) is 14.7. The van der Waals surface area contributed by atoms with Crippen molar-refractivity contribution >= 4 is 5.91 Å². The molecule has 4 heteroatoms. The van der Waals surface area contributed by atoms with Crippen molar-refractivity contribution in [3.63, 3.8) is 0 Å². The number of nitrogens with one attached hydrogen (secondary N) is 1. The third kappa shape index (κ3) is 3.53. The molecule has 3 atom stereocenters. The Morgan fingerprint density at radius 1 is 1.20 bits per heavy atom. The monoisotopic (exact) mass is 281 g/mol. The highest BCUT2D eigenvalue weighted by molar-refractivity contribution is 5.84. The van der Waals surface area contributed by atoms with Gasteiger partial charge in [-0.3, -0.25) is 10.1 Å². The first-order valence-electron chi connectivity index (χ1n) is 8.31. The van der Waals surface area contributed by atoms with Crippen molar-refractivity contribution < 1.29 is 4.79 Å². The van der Waals surface area contributed by atoms with Crippen LogP contribution in [-0.4, -0.2) is 54.1 Å². The molecular weight excluding hydrogens is 250 g/mol. The van der Waals surface area contributed by atoms with E-state index in [1.165, 1.54) is 25.9 Å². The van der Waals surface area contributed by atoms with Crippen molar-refractivity contribution in [2.75, 3.05) is 26.2 Å². The average Bonchev–Trinajstić information content (AvgIpc) is 2.99. The van der Waals surface area contributed by atoms with E-state index in [1.54, 1.807) is 0 Å². The maximum Gasteiger partial charge on any atom is 0.241 e. The molecule has 2 heterocycles. The van der Waals surface area contributed by atoms with Gasteiger partial charge in [-0.2, -0.15) is 0 Å². The van der Waals surface area contributed by atoms with Gasteiger partial charge in [-0.25, -0.2) is 0 Å². The molecule has 0 bridgehead atoms. The molecule has 0 aromatic heterocycles. The number of nitrogens with zero attached hydrogens (tertiary/aromatic N) is 2. The van der Waals surface area contributed by atoms with E-state index in [0.29, 0.717) is 17.7 Å². The summed E-state index contributed by atoms with van der Waals surface area (Å²) in [4.78, 5) is 17.1. The fourth-order valence-corrected chi connectivity index (χ4v) is 3.55. The minimum atomic E-state index is 0.0291. The molecule has 1 N–H and O–H groups in total. The molecule has 0 spiro atoms. The maximum atomic E-state index is 12.5. The van der Waals surface area contributed by atoms with Crippen LogP contribution in [0.2, 0.25) is 0 Å². The van der Waals surface area contributed by atoms with E-state index in [1.807, 2.05) is 0 Å². The molecule has 2 fully saturated rings. The number of carbonyl (C=O) groups excluding carboxylic acids is 1. The molecule has 1 amide bonds.